The van der Waals surface area contributed by atoms with Crippen molar-refractivity contribution in [2.24, 2.45) is 4.99 Å². The molecule has 0 N–H and O–H groups in total. The van der Waals surface area contributed by atoms with Gasteiger partial charge in [0.1, 0.15) is 6.54 Å². The fourth-order valence-corrected chi connectivity index (χ4v) is 3.86. The number of nitrogens with zero attached hydrogens (tertiary/aromatic N) is 4. The Morgan fingerprint density at radius 3 is 2.60 bits per heavy atom. The number of halogens is 1. The number of hydrogen-bond donors (Lipinski definition) is 0. The third kappa shape index (κ3) is 3.21. The van der Waals surface area contributed by atoms with E-state index in [0.29, 0.717) is 28.3 Å². The Bertz CT molecular complexity index is 803. The maximum absolute atomic E-state index is 12.6. The van der Waals surface area contributed by atoms with Gasteiger partial charge in [0.05, 0.1) is 0 Å². The summed E-state index contributed by atoms with van der Waals surface area (Å²) in [5.74, 6) is 0.880. The summed E-state index contributed by atoms with van der Waals surface area (Å²) >= 11 is 7.43. The van der Waals surface area contributed by atoms with Gasteiger partial charge in [-0.25, -0.2) is 9.37 Å². The third-order valence-electron chi connectivity index (χ3n) is 4.10. The molecule has 1 aromatic rings. The topological polar surface area (TPSA) is 56.0 Å². The summed E-state index contributed by atoms with van der Waals surface area (Å²) in [4.78, 5) is 31.9. The number of fused-ring (bicyclic) bond motifs is 1. The molecule has 2 heterocycles. The van der Waals surface area contributed by atoms with Crippen molar-refractivity contribution in [1.29, 1.82) is 0 Å². The predicted molar refractivity (Wildman–Crippen MR) is 100 cm³/mol. The highest BCUT2D eigenvalue weighted by Crippen LogP contribution is 2.25. The molecular formula is C17H18ClN4O2S+. The van der Waals surface area contributed by atoms with Gasteiger partial charge in [0.15, 0.2) is 0 Å². The quantitative estimate of drug-likeness (QED) is 0.598. The van der Waals surface area contributed by atoms with E-state index in [0.717, 1.165) is 10.5 Å². The zero-order valence-electron chi connectivity index (χ0n) is 14.0. The first kappa shape index (κ1) is 17.7. The second-order valence-electron chi connectivity index (χ2n) is 5.75. The average Bonchev–Trinajstić information content (AvgIpc) is 2.97. The fraction of sp³-hybridized carbons (Fsp3) is 0.294. The van der Waals surface area contributed by atoms with Crippen molar-refractivity contribution >= 4 is 46.3 Å². The lowest BCUT2D eigenvalue weighted by Crippen LogP contribution is -2.61. The first-order valence-electron chi connectivity index (χ1n) is 7.69. The number of likely N-dealkylation sites (N-methyl/N-ethyl adjacent to an activating group) is 2. The first-order valence-corrected chi connectivity index (χ1v) is 9.06. The SMILES string of the molecule is C=CC[N+]1=C(SCc2ccc(Cl)cc2)N=C2C1C(=O)N(C)C(=O)N2C. The molecule has 130 valence electrons. The number of amidine groups is 2. The molecule has 1 saturated heterocycles. The van der Waals surface area contributed by atoms with Crippen LogP contribution in [0.15, 0.2) is 41.9 Å². The summed E-state index contributed by atoms with van der Waals surface area (Å²) in [6, 6.07) is 6.64. The molecule has 6 nitrogen and oxygen atoms in total. The van der Waals surface area contributed by atoms with Crippen LogP contribution < -0.4 is 0 Å². The van der Waals surface area contributed by atoms with E-state index in [9.17, 15) is 9.59 Å². The standard InChI is InChI=1S/C17H18ClN4O2S/c1-4-9-22-13-14(20(2)17(24)21(3)15(13)23)19-16(22)25-10-11-5-7-12(18)8-6-11/h4-8,13H,1,9-10H2,2-3H3/q+1. The molecule has 0 aliphatic carbocycles. The molecule has 0 saturated carbocycles. The van der Waals surface area contributed by atoms with Gasteiger partial charge in [-0.3, -0.25) is 14.6 Å². The Morgan fingerprint density at radius 1 is 1.28 bits per heavy atom. The Kier molecular flexibility index (Phi) is 4.96. The number of hydrogen-bond acceptors (Lipinski definition) is 4. The van der Waals surface area contributed by atoms with Crippen LogP contribution in [0.2, 0.25) is 5.02 Å². The average molecular weight is 378 g/mol. The number of aliphatic imine (C=N–C) groups is 1. The number of thioether (sulfide) groups is 1. The van der Waals surface area contributed by atoms with Crippen molar-refractivity contribution in [2.75, 3.05) is 20.6 Å². The largest absolute Gasteiger partial charge is 0.358 e. The molecule has 8 heteroatoms. The minimum atomic E-state index is -0.585. The lowest BCUT2D eigenvalue weighted by atomic mass is 10.1. The van der Waals surface area contributed by atoms with Crippen LogP contribution in [-0.2, 0) is 10.5 Å². The summed E-state index contributed by atoms with van der Waals surface area (Å²) in [5.41, 5.74) is 1.10. The molecule has 1 aromatic carbocycles. The lowest BCUT2D eigenvalue weighted by molar-refractivity contribution is -0.522. The Labute approximate surface area is 155 Å². The zero-order chi connectivity index (χ0) is 18.1. The van der Waals surface area contributed by atoms with Crippen LogP contribution in [0, 0.1) is 0 Å². The van der Waals surface area contributed by atoms with Crippen LogP contribution in [0.25, 0.3) is 0 Å². The summed E-state index contributed by atoms with van der Waals surface area (Å²) in [5, 5.41) is 1.40. The maximum Gasteiger partial charge on any atom is 0.358 e. The maximum atomic E-state index is 12.6. The Balaban J connectivity index is 1.89. The van der Waals surface area contributed by atoms with Crippen molar-refractivity contribution < 1.29 is 14.2 Å². The van der Waals surface area contributed by atoms with Crippen LogP contribution in [0.4, 0.5) is 4.79 Å². The van der Waals surface area contributed by atoms with Gasteiger partial charge in [0, 0.05) is 24.9 Å². The second kappa shape index (κ2) is 7.01. The van der Waals surface area contributed by atoms with E-state index in [1.165, 1.54) is 23.7 Å². The molecule has 25 heavy (non-hydrogen) atoms. The molecule has 1 fully saturated rings. The lowest BCUT2D eigenvalue weighted by Gasteiger charge is -2.30. The summed E-state index contributed by atoms with van der Waals surface area (Å²) < 4.78 is 1.88. The van der Waals surface area contributed by atoms with Crippen LogP contribution in [0.1, 0.15) is 5.56 Å². The highest BCUT2D eigenvalue weighted by Gasteiger charge is 2.52. The molecule has 3 amide bonds. The molecule has 0 radical (unpaired) electrons. The van der Waals surface area contributed by atoms with E-state index in [1.807, 2.05) is 28.8 Å². The number of imide groups is 1. The van der Waals surface area contributed by atoms with Crippen LogP contribution >= 0.6 is 23.4 Å². The summed E-state index contributed by atoms with van der Waals surface area (Å²) in [6.45, 7) is 4.24. The molecule has 2 aliphatic heterocycles. The minimum absolute atomic E-state index is 0.272. The van der Waals surface area contributed by atoms with Crippen LogP contribution in [0.5, 0.6) is 0 Å². The van der Waals surface area contributed by atoms with E-state index in [2.05, 4.69) is 11.6 Å². The van der Waals surface area contributed by atoms with Crippen molar-refractivity contribution in [3.8, 4) is 0 Å². The molecule has 1 atom stereocenters. The van der Waals surface area contributed by atoms with Gasteiger partial charge in [-0.1, -0.05) is 36.4 Å². The number of urea groups is 1. The summed E-state index contributed by atoms with van der Waals surface area (Å²) in [7, 11) is 3.12. The zero-order valence-corrected chi connectivity index (χ0v) is 15.5. The molecule has 0 bridgehead atoms. The second-order valence-corrected chi connectivity index (χ2v) is 7.13. The molecule has 1 unspecified atom stereocenters. The van der Waals surface area contributed by atoms with E-state index in [4.69, 9.17) is 11.6 Å². The molecule has 0 aromatic heterocycles. The van der Waals surface area contributed by atoms with Crippen molar-refractivity contribution in [3.05, 3.63) is 47.5 Å². The van der Waals surface area contributed by atoms with Crippen LogP contribution in [-0.4, -0.2) is 64.0 Å². The number of benzene rings is 1. The Hall–Kier alpha value is -2.12. The first-order chi connectivity index (χ1) is 11.9. The highest BCUT2D eigenvalue weighted by atomic mass is 35.5. The number of amides is 3. The van der Waals surface area contributed by atoms with Gasteiger partial charge in [-0.05, 0) is 34.5 Å². The highest BCUT2D eigenvalue weighted by molar-refractivity contribution is 8.13. The number of carbonyl (C=O) groups excluding carboxylic acids is 2. The van der Waals surface area contributed by atoms with E-state index < -0.39 is 6.04 Å². The normalized spacial score (nSPS) is 20.1. The minimum Gasteiger partial charge on any atom is -0.269 e. The molecule has 2 aliphatic rings. The van der Waals surface area contributed by atoms with Gasteiger partial charge in [0.25, 0.3) is 17.8 Å². The summed E-state index contributed by atoms with van der Waals surface area (Å²) in [6.07, 6.45) is 1.73. The third-order valence-corrected chi connectivity index (χ3v) is 5.41. The van der Waals surface area contributed by atoms with Gasteiger partial charge in [-0.15, -0.1) is 0 Å². The molecular weight excluding hydrogens is 360 g/mol. The van der Waals surface area contributed by atoms with Gasteiger partial charge in [-0.2, -0.15) is 0 Å². The van der Waals surface area contributed by atoms with Crippen molar-refractivity contribution in [3.63, 3.8) is 0 Å². The van der Waals surface area contributed by atoms with E-state index in [1.54, 1.807) is 13.1 Å². The number of carbonyl (C=O) groups is 2. The van der Waals surface area contributed by atoms with Crippen molar-refractivity contribution in [1.82, 2.24) is 9.80 Å². The molecule has 0 spiro atoms. The number of rotatable bonds is 4. The monoisotopic (exact) mass is 377 g/mol. The van der Waals surface area contributed by atoms with E-state index >= 15 is 0 Å². The fourth-order valence-electron chi connectivity index (χ4n) is 2.74. The molecule has 3 rings (SSSR count). The van der Waals surface area contributed by atoms with Gasteiger partial charge >= 0.3 is 11.2 Å². The van der Waals surface area contributed by atoms with Crippen LogP contribution in [0.3, 0.4) is 0 Å². The predicted octanol–water partition coefficient (Wildman–Crippen LogP) is 2.43. The van der Waals surface area contributed by atoms with Crippen molar-refractivity contribution in [2.45, 2.75) is 11.8 Å². The Morgan fingerprint density at radius 2 is 1.96 bits per heavy atom. The van der Waals surface area contributed by atoms with Gasteiger partial charge in [0.2, 0.25) is 0 Å². The smallest absolute Gasteiger partial charge is 0.269 e. The van der Waals surface area contributed by atoms with Gasteiger partial charge < -0.3 is 0 Å². The van der Waals surface area contributed by atoms with E-state index in [-0.39, 0.29) is 11.9 Å².